The van der Waals surface area contributed by atoms with Crippen LogP contribution in [0, 0.1) is 12.8 Å². The van der Waals surface area contributed by atoms with Crippen molar-refractivity contribution < 1.29 is 0 Å². The highest BCUT2D eigenvalue weighted by atomic mass is 14.8. The third kappa shape index (κ3) is 1.76. The van der Waals surface area contributed by atoms with Gasteiger partial charge in [0.15, 0.2) is 0 Å². The average Bonchev–Trinajstić information content (AvgIpc) is 3.10. The minimum Gasteiger partial charge on any atom is -0.358 e. The number of hydrogen-bond acceptors (Lipinski definition) is 1. The van der Waals surface area contributed by atoms with E-state index in [-0.39, 0.29) is 6.04 Å². The molecule has 96 valence electrons. The summed E-state index contributed by atoms with van der Waals surface area (Å²) in [6.45, 7) is 6.64. The van der Waals surface area contributed by atoms with Crippen molar-refractivity contribution in [1.29, 1.82) is 0 Å². The number of nitrogens with two attached hydrogens (primary N) is 1. The summed E-state index contributed by atoms with van der Waals surface area (Å²) in [4.78, 5) is 3.56. The van der Waals surface area contributed by atoms with Gasteiger partial charge in [-0.05, 0) is 42.7 Å². The van der Waals surface area contributed by atoms with Gasteiger partial charge in [-0.1, -0.05) is 32.0 Å². The minimum atomic E-state index is 0.209. The summed E-state index contributed by atoms with van der Waals surface area (Å²) in [5.41, 5.74) is 11.7. The van der Waals surface area contributed by atoms with Crippen LogP contribution in [-0.4, -0.2) is 4.98 Å². The van der Waals surface area contributed by atoms with E-state index in [0.29, 0.717) is 11.8 Å². The number of rotatable bonds is 3. The second kappa shape index (κ2) is 4.13. The monoisotopic (exact) mass is 242 g/mol. The van der Waals surface area contributed by atoms with E-state index in [1.54, 1.807) is 0 Å². The zero-order valence-electron chi connectivity index (χ0n) is 11.5. The van der Waals surface area contributed by atoms with Crippen molar-refractivity contribution in [1.82, 2.24) is 4.98 Å². The van der Waals surface area contributed by atoms with Crippen molar-refractivity contribution >= 4 is 10.9 Å². The van der Waals surface area contributed by atoms with Crippen molar-refractivity contribution in [3.8, 4) is 0 Å². The molecule has 0 amide bonds. The Labute approximate surface area is 109 Å². The van der Waals surface area contributed by atoms with Crippen molar-refractivity contribution in [3.63, 3.8) is 0 Å². The Balaban J connectivity index is 2.20. The van der Waals surface area contributed by atoms with Crippen LogP contribution in [0.2, 0.25) is 0 Å². The van der Waals surface area contributed by atoms with E-state index in [2.05, 4.69) is 44.0 Å². The number of nitrogens with one attached hydrogen (secondary N) is 1. The predicted octanol–water partition coefficient (Wildman–Crippen LogP) is 4.01. The van der Waals surface area contributed by atoms with E-state index in [1.807, 2.05) is 0 Å². The molecule has 1 aromatic carbocycles. The molecule has 2 heteroatoms. The highest BCUT2D eigenvalue weighted by Gasteiger charge is 2.32. The number of fused-ring (bicyclic) bond motifs is 1. The van der Waals surface area contributed by atoms with Gasteiger partial charge in [-0.3, -0.25) is 0 Å². The lowest BCUT2D eigenvalue weighted by atomic mass is 9.96. The molecule has 2 nitrogen and oxygen atoms in total. The van der Waals surface area contributed by atoms with E-state index in [9.17, 15) is 0 Å². The molecular formula is C16H22N2. The Morgan fingerprint density at radius 3 is 2.61 bits per heavy atom. The van der Waals surface area contributed by atoms with Gasteiger partial charge in [-0.15, -0.1) is 0 Å². The summed E-state index contributed by atoms with van der Waals surface area (Å²) in [7, 11) is 0. The maximum absolute atomic E-state index is 6.42. The molecule has 3 N–H and O–H groups in total. The zero-order valence-corrected chi connectivity index (χ0v) is 11.5. The summed E-state index contributed by atoms with van der Waals surface area (Å²) in [6, 6.07) is 6.80. The normalized spacial score (nSPS) is 17.6. The molecule has 2 aromatic rings. The minimum absolute atomic E-state index is 0.209. The standard InChI is InChI=1S/C16H22N2/c1-9(2)12-5-4-6-13-14(10(3)18-16(12)13)15(17)11-7-8-11/h4-6,9,11,15,18H,7-8,17H2,1-3H3. The molecule has 0 radical (unpaired) electrons. The highest BCUT2D eigenvalue weighted by molar-refractivity contribution is 5.88. The van der Waals surface area contributed by atoms with E-state index in [0.717, 1.165) is 0 Å². The predicted molar refractivity (Wildman–Crippen MR) is 76.8 cm³/mol. The molecule has 1 unspecified atom stereocenters. The van der Waals surface area contributed by atoms with E-state index in [1.165, 1.54) is 40.6 Å². The molecule has 1 fully saturated rings. The fourth-order valence-corrected chi connectivity index (χ4v) is 2.99. The first-order chi connectivity index (χ1) is 8.59. The quantitative estimate of drug-likeness (QED) is 0.839. The molecule has 1 aliphatic rings. The third-order valence-corrected chi connectivity index (χ3v) is 4.19. The van der Waals surface area contributed by atoms with Gasteiger partial charge >= 0.3 is 0 Å². The molecule has 3 rings (SSSR count). The number of para-hydroxylation sites is 1. The summed E-state index contributed by atoms with van der Waals surface area (Å²) >= 11 is 0. The second-order valence-electron chi connectivity index (χ2n) is 5.95. The lowest BCUT2D eigenvalue weighted by Gasteiger charge is -2.11. The van der Waals surface area contributed by atoms with Crippen molar-refractivity contribution in [2.45, 2.75) is 45.6 Å². The van der Waals surface area contributed by atoms with Crippen LogP contribution in [0.25, 0.3) is 10.9 Å². The summed E-state index contributed by atoms with van der Waals surface area (Å²) in [5.74, 6) is 1.24. The van der Waals surface area contributed by atoms with Crippen LogP contribution < -0.4 is 5.73 Å². The highest BCUT2D eigenvalue weighted by Crippen LogP contribution is 2.43. The Morgan fingerprint density at radius 1 is 1.28 bits per heavy atom. The Bertz CT molecular complexity index is 576. The number of benzene rings is 1. The van der Waals surface area contributed by atoms with Crippen LogP contribution in [0.15, 0.2) is 18.2 Å². The molecule has 0 aliphatic heterocycles. The van der Waals surface area contributed by atoms with Crippen LogP contribution in [0.3, 0.4) is 0 Å². The molecule has 0 saturated heterocycles. The fourth-order valence-electron chi connectivity index (χ4n) is 2.99. The van der Waals surface area contributed by atoms with Crippen molar-refractivity contribution in [2.75, 3.05) is 0 Å². The van der Waals surface area contributed by atoms with Gasteiger partial charge < -0.3 is 10.7 Å². The number of aryl methyl sites for hydroxylation is 1. The summed E-state index contributed by atoms with van der Waals surface area (Å²) in [6.07, 6.45) is 2.58. The smallest absolute Gasteiger partial charge is 0.0494 e. The van der Waals surface area contributed by atoms with Gasteiger partial charge in [0.2, 0.25) is 0 Å². The molecule has 0 spiro atoms. The Kier molecular flexibility index (Phi) is 2.70. The SMILES string of the molecule is Cc1[nH]c2c(C(C)C)cccc2c1C(N)C1CC1. The molecule has 1 saturated carbocycles. The number of aromatic amines is 1. The molecule has 0 bridgehead atoms. The van der Waals surface area contributed by atoms with Gasteiger partial charge in [-0.2, -0.15) is 0 Å². The molecule has 1 aliphatic carbocycles. The van der Waals surface area contributed by atoms with Gasteiger partial charge in [0, 0.05) is 22.6 Å². The van der Waals surface area contributed by atoms with Gasteiger partial charge in [0.25, 0.3) is 0 Å². The average molecular weight is 242 g/mol. The Morgan fingerprint density at radius 2 is 2.00 bits per heavy atom. The lowest BCUT2D eigenvalue weighted by Crippen LogP contribution is -2.13. The van der Waals surface area contributed by atoms with Gasteiger partial charge in [0.05, 0.1) is 0 Å². The summed E-state index contributed by atoms with van der Waals surface area (Å²) in [5, 5.41) is 1.33. The lowest BCUT2D eigenvalue weighted by molar-refractivity contribution is 0.634. The van der Waals surface area contributed by atoms with Crippen LogP contribution in [0.5, 0.6) is 0 Å². The third-order valence-electron chi connectivity index (χ3n) is 4.19. The van der Waals surface area contributed by atoms with Gasteiger partial charge in [-0.25, -0.2) is 0 Å². The van der Waals surface area contributed by atoms with E-state index >= 15 is 0 Å². The van der Waals surface area contributed by atoms with Crippen LogP contribution in [0.1, 0.15) is 55.5 Å². The molecule has 1 atom stereocenters. The number of H-pyrrole nitrogens is 1. The number of aromatic nitrogens is 1. The van der Waals surface area contributed by atoms with E-state index in [4.69, 9.17) is 5.73 Å². The van der Waals surface area contributed by atoms with Crippen LogP contribution >= 0.6 is 0 Å². The summed E-state index contributed by atoms with van der Waals surface area (Å²) < 4.78 is 0. The molecule has 1 aromatic heterocycles. The second-order valence-corrected chi connectivity index (χ2v) is 5.95. The molecule has 1 heterocycles. The fraction of sp³-hybridized carbons (Fsp3) is 0.500. The van der Waals surface area contributed by atoms with Crippen LogP contribution in [-0.2, 0) is 0 Å². The zero-order chi connectivity index (χ0) is 12.9. The first-order valence-corrected chi connectivity index (χ1v) is 6.96. The largest absolute Gasteiger partial charge is 0.358 e. The first kappa shape index (κ1) is 11.8. The van der Waals surface area contributed by atoms with Gasteiger partial charge in [0.1, 0.15) is 0 Å². The molecular weight excluding hydrogens is 220 g/mol. The Hall–Kier alpha value is -1.28. The molecule has 18 heavy (non-hydrogen) atoms. The maximum atomic E-state index is 6.42. The maximum Gasteiger partial charge on any atom is 0.0494 e. The topological polar surface area (TPSA) is 41.8 Å². The number of hydrogen-bond donors (Lipinski definition) is 2. The first-order valence-electron chi connectivity index (χ1n) is 6.96. The van der Waals surface area contributed by atoms with Crippen molar-refractivity contribution in [3.05, 3.63) is 35.0 Å². The van der Waals surface area contributed by atoms with Crippen molar-refractivity contribution in [2.24, 2.45) is 11.7 Å². The van der Waals surface area contributed by atoms with E-state index < -0.39 is 0 Å². The van der Waals surface area contributed by atoms with Crippen LogP contribution in [0.4, 0.5) is 0 Å².